The van der Waals surface area contributed by atoms with Gasteiger partial charge in [0.1, 0.15) is 5.82 Å². The van der Waals surface area contributed by atoms with Crippen LogP contribution in [-0.4, -0.2) is 44.2 Å². The molecule has 28 heavy (non-hydrogen) atoms. The number of carbonyl (C=O) groups excluding carboxylic acids is 1. The molecule has 0 spiro atoms. The minimum absolute atomic E-state index is 0.0931. The van der Waals surface area contributed by atoms with Gasteiger partial charge in [-0.25, -0.2) is 14.5 Å². The topological polar surface area (TPSA) is 68.1 Å². The number of likely N-dealkylation sites (tertiary alicyclic amines) is 1. The van der Waals surface area contributed by atoms with Gasteiger partial charge >= 0.3 is 0 Å². The van der Waals surface area contributed by atoms with Gasteiger partial charge in [0, 0.05) is 19.3 Å². The number of aromatic nitrogens is 3. The van der Waals surface area contributed by atoms with E-state index in [1.807, 2.05) is 42.2 Å². The lowest BCUT2D eigenvalue weighted by Gasteiger charge is -2.26. The monoisotopic (exact) mass is 394 g/mol. The number of hydrogen-bond acceptors (Lipinski definition) is 5. The van der Waals surface area contributed by atoms with E-state index in [-0.39, 0.29) is 17.2 Å². The van der Waals surface area contributed by atoms with Crippen molar-refractivity contribution in [1.82, 2.24) is 19.4 Å². The fraction of sp³-hybridized carbons (Fsp3) is 0.333. The van der Waals surface area contributed by atoms with Crippen molar-refractivity contribution in [2.45, 2.75) is 31.3 Å². The maximum absolute atomic E-state index is 13.2. The Hall–Kier alpha value is -2.67. The van der Waals surface area contributed by atoms with Crippen LogP contribution in [-0.2, 0) is 4.79 Å². The van der Waals surface area contributed by atoms with E-state index in [9.17, 15) is 9.59 Å². The highest BCUT2D eigenvalue weighted by Gasteiger charge is 2.19. The third-order valence-corrected chi connectivity index (χ3v) is 5.83. The fourth-order valence-corrected chi connectivity index (χ4v) is 4.27. The van der Waals surface area contributed by atoms with Gasteiger partial charge in [-0.3, -0.25) is 9.59 Å². The molecule has 0 atom stereocenters. The number of amides is 1. The zero-order chi connectivity index (χ0) is 19.5. The van der Waals surface area contributed by atoms with Gasteiger partial charge in [0.15, 0.2) is 5.16 Å². The van der Waals surface area contributed by atoms with Crippen molar-refractivity contribution in [3.05, 3.63) is 58.5 Å². The molecule has 2 aromatic heterocycles. The first-order chi connectivity index (χ1) is 13.6. The van der Waals surface area contributed by atoms with Gasteiger partial charge in [0.05, 0.1) is 16.7 Å². The van der Waals surface area contributed by atoms with Crippen LogP contribution in [0.1, 0.15) is 24.8 Å². The first kappa shape index (κ1) is 18.7. The van der Waals surface area contributed by atoms with Gasteiger partial charge < -0.3 is 4.90 Å². The summed E-state index contributed by atoms with van der Waals surface area (Å²) >= 11 is 1.30. The maximum atomic E-state index is 13.2. The summed E-state index contributed by atoms with van der Waals surface area (Å²) < 4.78 is 1.51. The summed E-state index contributed by atoms with van der Waals surface area (Å²) in [7, 11) is 0. The average Bonchev–Trinajstić information content (AvgIpc) is 2.74. The van der Waals surface area contributed by atoms with Crippen LogP contribution in [0.2, 0.25) is 0 Å². The van der Waals surface area contributed by atoms with Gasteiger partial charge in [-0.05, 0) is 49.9 Å². The number of hydrogen-bond donors (Lipinski definition) is 0. The van der Waals surface area contributed by atoms with Crippen LogP contribution >= 0.6 is 11.8 Å². The first-order valence-corrected chi connectivity index (χ1v) is 10.5. The number of fused-ring (bicyclic) bond motifs is 1. The molecule has 1 saturated heterocycles. The second kappa shape index (κ2) is 8.14. The number of para-hydroxylation sites is 1. The lowest BCUT2D eigenvalue weighted by molar-refractivity contribution is -0.129. The van der Waals surface area contributed by atoms with Crippen LogP contribution in [0.5, 0.6) is 0 Å². The van der Waals surface area contributed by atoms with E-state index >= 15 is 0 Å². The molecule has 0 N–H and O–H groups in total. The van der Waals surface area contributed by atoms with E-state index in [1.54, 1.807) is 12.3 Å². The van der Waals surface area contributed by atoms with Crippen molar-refractivity contribution in [3.8, 4) is 5.82 Å². The zero-order valence-electron chi connectivity index (χ0n) is 15.8. The Morgan fingerprint density at radius 3 is 2.64 bits per heavy atom. The molecule has 144 valence electrons. The molecule has 3 aromatic rings. The standard InChI is InChI=1S/C21H22N4O2S/c1-15-9-10-18(22-13-15)25-20(27)16-7-3-4-8-17(16)23-21(25)28-14-19(26)24-11-5-2-6-12-24/h3-4,7-10,13H,2,5-6,11-12,14H2,1H3. The van der Waals surface area contributed by atoms with Gasteiger partial charge in [0.25, 0.3) is 5.56 Å². The second-order valence-electron chi connectivity index (χ2n) is 6.98. The Morgan fingerprint density at radius 1 is 1.11 bits per heavy atom. The summed E-state index contributed by atoms with van der Waals surface area (Å²) in [5, 5.41) is 1.03. The summed E-state index contributed by atoms with van der Waals surface area (Å²) in [6, 6.07) is 11.0. The number of pyridine rings is 1. The van der Waals surface area contributed by atoms with Crippen molar-refractivity contribution < 1.29 is 4.79 Å². The molecule has 0 bridgehead atoms. The lowest BCUT2D eigenvalue weighted by atomic mass is 10.1. The third kappa shape index (κ3) is 3.80. The summed E-state index contributed by atoms with van der Waals surface area (Å²) in [6.07, 6.45) is 5.03. The number of nitrogens with zero attached hydrogens (tertiary/aromatic N) is 4. The van der Waals surface area contributed by atoms with Crippen molar-refractivity contribution >= 4 is 28.6 Å². The molecule has 0 unspecified atom stereocenters. The van der Waals surface area contributed by atoms with E-state index in [0.29, 0.717) is 21.9 Å². The molecule has 1 aliphatic rings. The average molecular weight is 395 g/mol. The van der Waals surface area contributed by atoms with Gasteiger partial charge in [-0.15, -0.1) is 0 Å². The van der Waals surface area contributed by atoms with Gasteiger partial charge in [0.2, 0.25) is 5.91 Å². The number of rotatable bonds is 4. The van der Waals surface area contributed by atoms with E-state index in [4.69, 9.17) is 0 Å². The van der Waals surface area contributed by atoms with E-state index in [1.165, 1.54) is 22.7 Å². The lowest BCUT2D eigenvalue weighted by Crippen LogP contribution is -2.36. The molecule has 6 nitrogen and oxygen atoms in total. The molecular formula is C21H22N4O2S. The highest BCUT2D eigenvalue weighted by Crippen LogP contribution is 2.22. The van der Waals surface area contributed by atoms with E-state index in [2.05, 4.69) is 9.97 Å². The molecule has 1 aliphatic heterocycles. The second-order valence-corrected chi connectivity index (χ2v) is 7.92. The normalized spacial score (nSPS) is 14.4. The van der Waals surface area contributed by atoms with Crippen LogP contribution in [0.3, 0.4) is 0 Å². The minimum Gasteiger partial charge on any atom is -0.342 e. The quantitative estimate of drug-likeness (QED) is 0.502. The predicted molar refractivity (Wildman–Crippen MR) is 111 cm³/mol. The van der Waals surface area contributed by atoms with Crippen LogP contribution in [0.4, 0.5) is 0 Å². The Morgan fingerprint density at radius 2 is 1.89 bits per heavy atom. The molecule has 0 saturated carbocycles. The van der Waals surface area contributed by atoms with Crippen molar-refractivity contribution in [2.24, 2.45) is 0 Å². The molecule has 1 aromatic carbocycles. The van der Waals surface area contributed by atoms with E-state index in [0.717, 1.165) is 31.5 Å². The molecule has 7 heteroatoms. The zero-order valence-corrected chi connectivity index (χ0v) is 16.6. The molecule has 1 fully saturated rings. The summed E-state index contributed by atoms with van der Waals surface area (Å²) in [5.74, 6) is 0.869. The van der Waals surface area contributed by atoms with Gasteiger partial charge in [-0.1, -0.05) is 30.0 Å². The highest BCUT2D eigenvalue weighted by molar-refractivity contribution is 7.99. The minimum atomic E-state index is -0.171. The van der Waals surface area contributed by atoms with Crippen molar-refractivity contribution in [2.75, 3.05) is 18.8 Å². The van der Waals surface area contributed by atoms with Crippen molar-refractivity contribution in [1.29, 1.82) is 0 Å². The molecule has 0 radical (unpaired) electrons. The SMILES string of the molecule is Cc1ccc(-n2c(SCC(=O)N3CCCCC3)nc3ccccc3c2=O)nc1. The molecular weight excluding hydrogens is 372 g/mol. The Balaban J connectivity index is 1.71. The first-order valence-electron chi connectivity index (χ1n) is 9.49. The predicted octanol–water partition coefficient (Wildman–Crippen LogP) is 3.19. The summed E-state index contributed by atoms with van der Waals surface area (Å²) in [4.78, 5) is 36.7. The third-order valence-electron chi connectivity index (χ3n) is 4.90. The molecule has 0 aliphatic carbocycles. The van der Waals surface area contributed by atoms with E-state index < -0.39 is 0 Å². The van der Waals surface area contributed by atoms with Crippen molar-refractivity contribution in [3.63, 3.8) is 0 Å². The molecule has 3 heterocycles. The van der Waals surface area contributed by atoms with Crippen LogP contribution in [0.25, 0.3) is 16.7 Å². The number of aryl methyl sites for hydroxylation is 1. The van der Waals surface area contributed by atoms with Crippen LogP contribution in [0.15, 0.2) is 52.5 Å². The number of carbonyl (C=O) groups is 1. The van der Waals surface area contributed by atoms with Crippen LogP contribution < -0.4 is 5.56 Å². The number of thioether (sulfide) groups is 1. The maximum Gasteiger partial charge on any atom is 0.267 e. The van der Waals surface area contributed by atoms with Crippen LogP contribution in [0, 0.1) is 6.92 Å². The Kier molecular flexibility index (Phi) is 5.43. The number of benzene rings is 1. The highest BCUT2D eigenvalue weighted by atomic mass is 32.2. The summed E-state index contributed by atoms with van der Waals surface area (Å²) in [5.41, 5.74) is 1.47. The number of piperidine rings is 1. The Labute approximate surface area is 167 Å². The summed E-state index contributed by atoms with van der Waals surface area (Å²) in [6.45, 7) is 3.58. The molecule has 1 amide bonds. The Bertz CT molecular complexity index is 1060. The van der Waals surface area contributed by atoms with Gasteiger partial charge in [-0.2, -0.15) is 0 Å². The largest absolute Gasteiger partial charge is 0.342 e. The smallest absolute Gasteiger partial charge is 0.267 e. The fourth-order valence-electron chi connectivity index (χ4n) is 3.36. The molecule has 4 rings (SSSR count).